The highest BCUT2D eigenvalue weighted by Crippen LogP contribution is 2.43. The highest BCUT2D eigenvalue weighted by Gasteiger charge is 2.27. The first-order valence-corrected chi connectivity index (χ1v) is 23.4. The van der Waals surface area contributed by atoms with Crippen LogP contribution in [0.5, 0.6) is 0 Å². The van der Waals surface area contributed by atoms with Gasteiger partial charge in [-0.05, 0) is 44.9 Å². The molecule has 0 spiro atoms. The first-order chi connectivity index (χ1) is 25.5. The number of unbranched alkanes of at least 4 members (excludes halogenated alkanes) is 22. The number of aliphatic hydroxyl groups excluding tert-OH is 1. The maximum atomic E-state index is 12.5. The fourth-order valence-electron chi connectivity index (χ4n) is 6.07. The fraction of sp³-hybridized carbons (Fsp3) is 0.841. The molecule has 0 aliphatic heterocycles. The van der Waals surface area contributed by atoms with Crippen LogP contribution in [0.2, 0.25) is 0 Å². The third-order valence-electron chi connectivity index (χ3n) is 9.59. The van der Waals surface area contributed by atoms with Crippen LogP contribution in [0.25, 0.3) is 0 Å². The van der Waals surface area contributed by atoms with E-state index < -0.39 is 20.0 Å². The number of phosphoric ester groups is 1. The Kier molecular flexibility index (Phi) is 35.5. The molecule has 9 heteroatoms. The molecule has 0 bridgehead atoms. The molecule has 0 aromatic rings. The molecular formula is C44H86N2O6P+. The number of likely N-dealkylation sites (N-methyl/N-ethyl adjacent to an activating group) is 1. The lowest BCUT2D eigenvalue weighted by atomic mass is 10.0. The third kappa shape index (κ3) is 38.8. The molecule has 0 aliphatic carbocycles. The van der Waals surface area contributed by atoms with Gasteiger partial charge in [0.05, 0.1) is 39.9 Å². The van der Waals surface area contributed by atoms with Gasteiger partial charge in [0, 0.05) is 6.42 Å². The minimum atomic E-state index is -4.33. The molecular weight excluding hydrogens is 683 g/mol. The number of aliphatic hydroxyl groups is 1. The van der Waals surface area contributed by atoms with Crippen LogP contribution in [-0.4, -0.2) is 73.4 Å². The third-order valence-corrected chi connectivity index (χ3v) is 10.6. The van der Waals surface area contributed by atoms with E-state index in [1.54, 1.807) is 6.08 Å². The van der Waals surface area contributed by atoms with E-state index in [1.807, 2.05) is 27.2 Å². The number of nitrogens with one attached hydrogen (secondary N) is 1. The molecule has 53 heavy (non-hydrogen) atoms. The second-order valence-corrected chi connectivity index (χ2v) is 17.5. The van der Waals surface area contributed by atoms with Gasteiger partial charge < -0.3 is 19.8 Å². The second kappa shape index (κ2) is 36.4. The number of amides is 1. The Morgan fingerprint density at radius 3 is 1.51 bits per heavy atom. The molecule has 0 aromatic carbocycles. The monoisotopic (exact) mass is 770 g/mol. The lowest BCUT2D eigenvalue weighted by Gasteiger charge is -2.25. The number of carbonyl (C=O) groups is 1. The molecule has 0 radical (unpaired) electrons. The number of carbonyl (C=O) groups excluding carboxylic acids is 1. The average molecular weight is 770 g/mol. The van der Waals surface area contributed by atoms with Crippen molar-refractivity contribution in [2.24, 2.45) is 0 Å². The van der Waals surface area contributed by atoms with Gasteiger partial charge in [-0.25, -0.2) is 4.57 Å². The fourth-order valence-corrected chi connectivity index (χ4v) is 6.81. The van der Waals surface area contributed by atoms with Crippen LogP contribution in [0.1, 0.15) is 187 Å². The van der Waals surface area contributed by atoms with E-state index in [2.05, 4.69) is 43.5 Å². The van der Waals surface area contributed by atoms with Gasteiger partial charge in [0.25, 0.3) is 0 Å². The van der Waals surface area contributed by atoms with Crippen LogP contribution in [0, 0.1) is 0 Å². The van der Waals surface area contributed by atoms with Gasteiger partial charge in [-0.1, -0.05) is 172 Å². The summed E-state index contributed by atoms with van der Waals surface area (Å²) in [7, 11) is 1.54. The summed E-state index contributed by atoms with van der Waals surface area (Å²) in [5, 5.41) is 13.6. The van der Waals surface area contributed by atoms with E-state index in [0.29, 0.717) is 17.4 Å². The van der Waals surface area contributed by atoms with Gasteiger partial charge in [0.2, 0.25) is 5.91 Å². The van der Waals surface area contributed by atoms with Crippen molar-refractivity contribution in [3.05, 3.63) is 36.5 Å². The molecule has 0 aliphatic rings. The van der Waals surface area contributed by atoms with Crippen LogP contribution >= 0.6 is 7.82 Å². The molecule has 3 unspecified atom stereocenters. The highest BCUT2D eigenvalue weighted by atomic mass is 31.2. The average Bonchev–Trinajstić information content (AvgIpc) is 3.10. The number of phosphoric acid groups is 1. The van der Waals surface area contributed by atoms with E-state index >= 15 is 0 Å². The minimum absolute atomic E-state index is 0.0528. The van der Waals surface area contributed by atoms with E-state index in [9.17, 15) is 19.4 Å². The van der Waals surface area contributed by atoms with Gasteiger partial charge in [0.1, 0.15) is 13.2 Å². The van der Waals surface area contributed by atoms with E-state index in [-0.39, 0.29) is 19.1 Å². The number of rotatable bonds is 39. The molecule has 0 aromatic heterocycles. The number of quaternary nitrogens is 1. The lowest BCUT2D eigenvalue weighted by molar-refractivity contribution is -0.870. The first-order valence-electron chi connectivity index (χ1n) is 21.9. The largest absolute Gasteiger partial charge is 0.472 e. The minimum Gasteiger partial charge on any atom is -0.387 e. The van der Waals surface area contributed by atoms with Crippen molar-refractivity contribution in [3.8, 4) is 0 Å². The van der Waals surface area contributed by atoms with Crippen molar-refractivity contribution in [3.63, 3.8) is 0 Å². The molecule has 0 heterocycles. The van der Waals surface area contributed by atoms with Crippen LogP contribution in [-0.2, 0) is 18.4 Å². The SMILES string of the molecule is CCCCCCCCCCCCCCCCCCCC/C=C/CC/C=C/CC/C=C/C(O)C(COP(=O)(O)OCC[N+](C)(C)C)NC(=O)CCCCC. The molecule has 0 saturated heterocycles. The second-order valence-electron chi connectivity index (χ2n) is 16.1. The van der Waals surface area contributed by atoms with Gasteiger partial charge >= 0.3 is 7.82 Å². The van der Waals surface area contributed by atoms with Crippen LogP contribution in [0.3, 0.4) is 0 Å². The van der Waals surface area contributed by atoms with Crippen molar-refractivity contribution in [2.45, 2.75) is 199 Å². The first kappa shape index (κ1) is 51.7. The van der Waals surface area contributed by atoms with Gasteiger partial charge in [-0.2, -0.15) is 0 Å². The molecule has 1 amide bonds. The summed E-state index contributed by atoms with van der Waals surface area (Å²) >= 11 is 0. The van der Waals surface area contributed by atoms with Gasteiger partial charge in [-0.3, -0.25) is 13.8 Å². The van der Waals surface area contributed by atoms with E-state index in [4.69, 9.17) is 9.05 Å². The number of hydrogen-bond acceptors (Lipinski definition) is 5. The van der Waals surface area contributed by atoms with E-state index in [1.165, 1.54) is 122 Å². The summed E-state index contributed by atoms with van der Waals surface area (Å²) in [6.45, 7) is 4.60. The molecule has 312 valence electrons. The maximum Gasteiger partial charge on any atom is 0.472 e. The molecule has 0 saturated carbocycles. The zero-order valence-electron chi connectivity index (χ0n) is 35.3. The predicted molar refractivity (Wildman–Crippen MR) is 226 cm³/mol. The summed E-state index contributed by atoms with van der Waals surface area (Å²) in [6, 6.07) is -0.862. The van der Waals surface area contributed by atoms with Crippen LogP contribution in [0.15, 0.2) is 36.5 Å². The van der Waals surface area contributed by atoms with Crippen molar-refractivity contribution in [2.75, 3.05) is 40.9 Å². The topological polar surface area (TPSA) is 105 Å². The van der Waals surface area contributed by atoms with Crippen molar-refractivity contribution in [1.82, 2.24) is 5.32 Å². The Morgan fingerprint density at radius 1 is 0.623 bits per heavy atom. The zero-order valence-corrected chi connectivity index (χ0v) is 36.1. The smallest absolute Gasteiger partial charge is 0.387 e. The Bertz CT molecular complexity index is 964. The zero-order chi connectivity index (χ0) is 39.3. The molecule has 0 rings (SSSR count). The number of allylic oxidation sites excluding steroid dienone is 5. The van der Waals surface area contributed by atoms with Crippen molar-refractivity contribution >= 4 is 13.7 Å². The molecule has 0 fully saturated rings. The molecule has 3 N–H and O–H groups in total. The number of hydrogen-bond donors (Lipinski definition) is 3. The summed E-state index contributed by atoms with van der Waals surface area (Å²) < 4.78 is 23.2. The number of nitrogens with zero attached hydrogens (tertiary/aromatic N) is 1. The molecule has 8 nitrogen and oxygen atoms in total. The quantitative estimate of drug-likeness (QED) is 0.0249. The Balaban J connectivity index is 4.02. The summed E-state index contributed by atoms with van der Waals surface area (Å²) in [5.41, 5.74) is 0. The van der Waals surface area contributed by atoms with Crippen LogP contribution < -0.4 is 5.32 Å². The predicted octanol–water partition coefficient (Wildman–Crippen LogP) is 11.9. The Morgan fingerprint density at radius 2 is 1.04 bits per heavy atom. The highest BCUT2D eigenvalue weighted by molar-refractivity contribution is 7.47. The summed E-state index contributed by atoms with van der Waals surface area (Å²) in [4.78, 5) is 22.6. The maximum absolute atomic E-state index is 12.5. The van der Waals surface area contributed by atoms with Crippen molar-refractivity contribution < 1.29 is 32.9 Å². The van der Waals surface area contributed by atoms with Gasteiger partial charge in [-0.15, -0.1) is 0 Å². The van der Waals surface area contributed by atoms with Gasteiger partial charge in [0.15, 0.2) is 0 Å². The molecule has 3 atom stereocenters. The van der Waals surface area contributed by atoms with Crippen molar-refractivity contribution in [1.29, 1.82) is 0 Å². The standard InChI is InChI=1S/C44H85N2O6P/c1-6-8-10-11-12-13-14-15-16-17-18-19-20-21-22-23-24-25-26-27-28-29-30-31-32-33-34-36-37-43(47)42(45-44(48)38-35-9-7-2)41-52-53(49,50)51-40-39-46(3,4)5/h27-28,31-32,36-37,42-43,47H,6-26,29-30,33-35,38-41H2,1-5H3,(H-,45,48,49,50)/p+1/b28-27+,32-31+,37-36+. The summed E-state index contributed by atoms with van der Waals surface area (Å²) in [5.74, 6) is -0.217. The summed E-state index contributed by atoms with van der Waals surface area (Å²) in [6.07, 6.45) is 44.7. The normalized spacial score (nSPS) is 14.8. The Labute approximate surface area is 327 Å². The Hall–Kier alpha value is -1.28. The van der Waals surface area contributed by atoms with Crippen LogP contribution in [0.4, 0.5) is 0 Å². The van der Waals surface area contributed by atoms with E-state index in [0.717, 1.165) is 44.9 Å². The lowest BCUT2D eigenvalue weighted by Crippen LogP contribution is -2.45.